The fourth-order valence-corrected chi connectivity index (χ4v) is 4.30. The minimum absolute atomic E-state index is 0.000602. The number of hydrogen-bond donors (Lipinski definition) is 0. The topological polar surface area (TPSA) is 37.4 Å². The Bertz CT molecular complexity index is 515. The average molecular weight is 288 g/mol. The Labute approximate surface area is 114 Å². The van der Waals surface area contributed by atoms with Crippen molar-refractivity contribution >= 4 is 21.6 Å². The Morgan fingerprint density at radius 1 is 1.39 bits per heavy atom. The molecule has 0 N–H and O–H groups in total. The highest BCUT2D eigenvalue weighted by molar-refractivity contribution is 7.88. The molecular weight excluding hydrogens is 270 g/mol. The van der Waals surface area contributed by atoms with Crippen LogP contribution in [0.25, 0.3) is 0 Å². The second-order valence-corrected chi connectivity index (χ2v) is 7.33. The molecule has 0 amide bonds. The van der Waals surface area contributed by atoms with Crippen LogP contribution in [-0.4, -0.2) is 25.8 Å². The van der Waals surface area contributed by atoms with E-state index in [-0.39, 0.29) is 5.75 Å². The summed E-state index contributed by atoms with van der Waals surface area (Å²) in [6.07, 6.45) is 2.06. The normalized spacial score (nSPS) is 22.0. The van der Waals surface area contributed by atoms with Gasteiger partial charge >= 0.3 is 0 Å². The molecule has 0 unspecified atom stereocenters. The van der Waals surface area contributed by atoms with Gasteiger partial charge in [-0.3, -0.25) is 0 Å². The minimum Gasteiger partial charge on any atom is -0.212 e. The smallest absolute Gasteiger partial charge is 0.212 e. The van der Waals surface area contributed by atoms with E-state index in [4.69, 9.17) is 11.6 Å². The zero-order valence-corrected chi connectivity index (χ0v) is 12.0. The first-order chi connectivity index (χ1) is 8.49. The second-order valence-electron chi connectivity index (χ2n) is 4.95. The minimum atomic E-state index is -3.24. The molecule has 2 rings (SSSR count). The number of piperidine rings is 1. The van der Waals surface area contributed by atoms with Crippen LogP contribution in [0, 0.1) is 5.92 Å². The lowest BCUT2D eigenvalue weighted by molar-refractivity contribution is 0.281. The van der Waals surface area contributed by atoms with Gasteiger partial charge in [-0.15, -0.1) is 0 Å². The van der Waals surface area contributed by atoms with E-state index >= 15 is 0 Å². The van der Waals surface area contributed by atoms with Gasteiger partial charge in [0.25, 0.3) is 0 Å². The number of benzene rings is 1. The van der Waals surface area contributed by atoms with Crippen molar-refractivity contribution in [1.82, 2.24) is 4.31 Å². The molecule has 0 spiro atoms. The molecule has 0 saturated carbocycles. The van der Waals surface area contributed by atoms with Crippen molar-refractivity contribution in [3.63, 3.8) is 0 Å². The third-order valence-corrected chi connectivity index (χ3v) is 5.47. The molecule has 1 aliphatic heterocycles. The van der Waals surface area contributed by atoms with E-state index in [0.717, 1.165) is 12.8 Å². The molecule has 1 heterocycles. The standard InChI is InChI=1S/C13H18ClNO2S/c1-11-5-4-8-15(9-11)18(16,17)10-12-6-2-3-7-13(12)14/h2-3,6-7,11H,4-5,8-10H2,1H3/t11-/m1/s1. The molecule has 0 radical (unpaired) electrons. The molecule has 1 fully saturated rings. The largest absolute Gasteiger partial charge is 0.218 e. The van der Waals surface area contributed by atoms with Gasteiger partial charge in [0.15, 0.2) is 0 Å². The summed E-state index contributed by atoms with van der Waals surface area (Å²) >= 11 is 6.01. The lowest BCUT2D eigenvalue weighted by Crippen LogP contribution is -2.39. The van der Waals surface area contributed by atoms with Crippen LogP contribution in [0.3, 0.4) is 0 Å². The quantitative estimate of drug-likeness (QED) is 0.857. The average Bonchev–Trinajstić information content (AvgIpc) is 2.32. The summed E-state index contributed by atoms with van der Waals surface area (Å²) < 4.78 is 26.2. The van der Waals surface area contributed by atoms with Gasteiger partial charge in [-0.1, -0.05) is 36.7 Å². The highest BCUT2D eigenvalue weighted by Gasteiger charge is 2.27. The van der Waals surface area contributed by atoms with Crippen LogP contribution in [0.4, 0.5) is 0 Å². The van der Waals surface area contributed by atoms with Crippen LogP contribution in [0.2, 0.25) is 5.02 Å². The number of halogens is 1. The van der Waals surface area contributed by atoms with Crippen LogP contribution in [-0.2, 0) is 15.8 Å². The highest BCUT2D eigenvalue weighted by atomic mass is 35.5. The van der Waals surface area contributed by atoms with Crippen molar-refractivity contribution in [3.8, 4) is 0 Å². The molecule has 100 valence electrons. The van der Waals surface area contributed by atoms with Gasteiger partial charge in [0, 0.05) is 18.1 Å². The van der Waals surface area contributed by atoms with Gasteiger partial charge in [0.2, 0.25) is 10.0 Å². The van der Waals surface area contributed by atoms with Gasteiger partial charge in [-0.05, 0) is 30.4 Å². The van der Waals surface area contributed by atoms with Crippen molar-refractivity contribution in [1.29, 1.82) is 0 Å². The molecule has 3 nitrogen and oxygen atoms in total. The number of hydrogen-bond acceptors (Lipinski definition) is 2. The van der Waals surface area contributed by atoms with Crippen molar-refractivity contribution in [2.75, 3.05) is 13.1 Å². The molecule has 1 aromatic carbocycles. The SMILES string of the molecule is C[C@@H]1CCCN(S(=O)(=O)Cc2ccccc2Cl)C1. The number of sulfonamides is 1. The number of nitrogens with zero attached hydrogens (tertiary/aromatic N) is 1. The molecule has 0 bridgehead atoms. The Morgan fingerprint density at radius 2 is 2.11 bits per heavy atom. The predicted molar refractivity (Wildman–Crippen MR) is 74.0 cm³/mol. The summed E-state index contributed by atoms with van der Waals surface area (Å²) in [5, 5.41) is 0.520. The van der Waals surface area contributed by atoms with E-state index in [1.165, 1.54) is 0 Å². The third kappa shape index (κ3) is 3.25. The van der Waals surface area contributed by atoms with Crippen LogP contribution < -0.4 is 0 Å². The predicted octanol–water partition coefficient (Wildman–Crippen LogP) is 2.90. The van der Waals surface area contributed by atoms with E-state index in [9.17, 15) is 8.42 Å². The van der Waals surface area contributed by atoms with Crippen molar-refractivity contribution in [3.05, 3.63) is 34.9 Å². The summed E-state index contributed by atoms with van der Waals surface area (Å²) in [6, 6.07) is 7.12. The van der Waals surface area contributed by atoms with Crippen LogP contribution >= 0.6 is 11.6 Å². The molecule has 5 heteroatoms. The number of rotatable bonds is 3. The van der Waals surface area contributed by atoms with Gasteiger partial charge < -0.3 is 0 Å². The molecular formula is C13H18ClNO2S. The van der Waals surface area contributed by atoms with E-state index in [1.54, 1.807) is 22.5 Å². The summed E-state index contributed by atoms with van der Waals surface area (Å²) in [7, 11) is -3.24. The molecule has 1 atom stereocenters. The van der Waals surface area contributed by atoms with Crippen molar-refractivity contribution in [2.45, 2.75) is 25.5 Å². The first kappa shape index (κ1) is 13.8. The molecule has 1 saturated heterocycles. The maximum atomic E-state index is 12.3. The zero-order chi connectivity index (χ0) is 13.2. The Hall–Kier alpha value is -0.580. The monoisotopic (exact) mass is 287 g/mol. The van der Waals surface area contributed by atoms with E-state index in [0.29, 0.717) is 29.6 Å². The summed E-state index contributed by atoms with van der Waals surface area (Å²) in [6.45, 7) is 3.36. The first-order valence-corrected chi connectivity index (χ1v) is 8.19. The first-order valence-electron chi connectivity index (χ1n) is 6.20. The zero-order valence-electron chi connectivity index (χ0n) is 10.5. The van der Waals surface area contributed by atoms with E-state index in [1.807, 2.05) is 6.07 Å². The van der Waals surface area contributed by atoms with Crippen molar-refractivity contribution < 1.29 is 8.42 Å². The van der Waals surface area contributed by atoms with Crippen molar-refractivity contribution in [2.24, 2.45) is 5.92 Å². The van der Waals surface area contributed by atoms with Gasteiger partial charge in [-0.25, -0.2) is 12.7 Å². The molecule has 0 aromatic heterocycles. The third-order valence-electron chi connectivity index (χ3n) is 3.31. The second kappa shape index (κ2) is 5.59. The lowest BCUT2D eigenvalue weighted by atomic mass is 10.0. The fourth-order valence-electron chi connectivity index (χ4n) is 2.30. The maximum Gasteiger partial charge on any atom is 0.218 e. The Kier molecular flexibility index (Phi) is 4.30. The van der Waals surface area contributed by atoms with Gasteiger partial charge in [-0.2, -0.15) is 0 Å². The summed E-state index contributed by atoms with van der Waals surface area (Å²) in [5.41, 5.74) is 0.678. The van der Waals surface area contributed by atoms with Gasteiger partial charge in [0.1, 0.15) is 0 Å². The maximum absolute atomic E-state index is 12.3. The molecule has 18 heavy (non-hydrogen) atoms. The highest BCUT2D eigenvalue weighted by Crippen LogP contribution is 2.23. The van der Waals surface area contributed by atoms with Crippen LogP contribution in [0.1, 0.15) is 25.3 Å². The van der Waals surface area contributed by atoms with Crippen LogP contribution in [0.5, 0.6) is 0 Å². The fraction of sp³-hybridized carbons (Fsp3) is 0.538. The lowest BCUT2D eigenvalue weighted by Gasteiger charge is -2.30. The summed E-state index contributed by atoms with van der Waals surface area (Å²) in [5.74, 6) is 0.444. The van der Waals surface area contributed by atoms with E-state index < -0.39 is 10.0 Å². The van der Waals surface area contributed by atoms with Crippen LogP contribution in [0.15, 0.2) is 24.3 Å². The molecule has 1 aliphatic rings. The summed E-state index contributed by atoms with van der Waals surface area (Å²) in [4.78, 5) is 0. The van der Waals surface area contributed by atoms with E-state index in [2.05, 4.69) is 6.92 Å². The Morgan fingerprint density at radius 3 is 2.78 bits per heavy atom. The van der Waals surface area contributed by atoms with Gasteiger partial charge in [0.05, 0.1) is 5.75 Å². The molecule has 0 aliphatic carbocycles. The Balaban J connectivity index is 2.14. The molecule has 1 aromatic rings.